The number of hydrogen-bond donors (Lipinski definition) is 1. The predicted molar refractivity (Wildman–Crippen MR) is 145 cm³/mol. The van der Waals surface area contributed by atoms with Crippen LogP contribution in [0.3, 0.4) is 0 Å². The molecule has 1 atom stereocenters. The number of aryl methyl sites for hydroxylation is 1. The molecule has 190 valence electrons. The van der Waals surface area contributed by atoms with Crippen LogP contribution in [0, 0.1) is 6.92 Å². The Bertz CT molecular complexity index is 1020. The number of rotatable bonds is 9. The second-order valence-corrected chi connectivity index (χ2v) is 11.5. The maximum Gasteiger partial charge on any atom is 0.261 e. The second-order valence-electron chi connectivity index (χ2n) is 10.6. The summed E-state index contributed by atoms with van der Waals surface area (Å²) in [5.41, 5.74) is 3.32. The van der Waals surface area contributed by atoms with Crippen molar-refractivity contribution in [2.24, 2.45) is 0 Å². The fraction of sp³-hybridized carbons (Fsp3) is 0.517. The van der Waals surface area contributed by atoms with E-state index >= 15 is 0 Å². The summed E-state index contributed by atoms with van der Waals surface area (Å²) >= 11 is 3.59. The molecule has 1 aliphatic carbocycles. The normalized spacial score (nSPS) is 15.0. The first-order chi connectivity index (χ1) is 16.6. The van der Waals surface area contributed by atoms with E-state index in [-0.39, 0.29) is 29.9 Å². The number of benzene rings is 2. The summed E-state index contributed by atoms with van der Waals surface area (Å²) in [7, 11) is 0. The molecule has 5 nitrogen and oxygen atoms in total. The zero-order valence-corrected chi connectivity index (χ0v) is 23.3. The van der Waals surface area contributed by atoms with Gasteiger partial charge in [0.2, 0.25) is 5.91 Å². The van der Waals surface area contributed by atoms with Gasteiger partial charge in [-0.3, -0.25) is 9.59 Å². The van der Waals surface area contributed by atoms with Gasteiger partial charge in [-0.2, -0.15) is 0 Å². The summed E-state index contributed by atoms with van der Waals surface area (Å²) in [5, 5.41) is 3.18. The third-order valence-corrected chi connectivity index (χ3v) is 7.29. The van der Waals surface area contributed by atoms with Crippen molar-refractivity contribution in [2.45, 2.75) is 90.8 Å². The molecule has 0 spiro atoms. The van der Waals surface area contributed by atoms with Crippen LogP contribution in [0.2, 0.25) is 0 Å². The second kappa shape index (κ2) is 12.1. The number of nitrogens with zero attached hydrogens (tertiary/aromatic N) is 1. The number of halogens is 1. The van der Waals surface area contributed by atoms with Crippen molar-refractivity contribution < 1.29 is 14.3 Å². The highest BCUT2D eigenvalue weighted by Crippen LogP contribution is 2.31. The van der Waals surface area contributed by atoms with Gasteiger partial charge in [0.15, 0.2) is 6.61 Å². The first kappa shape index (κ1) is 27.3. The highest BCUT2D eigenvalue weighted by atomic mass is 79.9. The number of amides is 2. The van der Waals surface area contributed by atoms with Crippen LogP contribution in [0.5, 0.6) is 5.75 Å². The Balaban J connectivity index is 1.77. The maximum absolute atomic E-state index is 13.5. The molecule has 2 aromatic carbocycles. The number of nitrogens with one attached hydrogen (secondary N) is 1. The van der Waals surface area contributed by atoms with Crippen molar-refractivity contribution in [3.63, 3.8) is 0 Å². The van der Waals surface area contributed by atoms with Crippen LogP contribution in [-0.2, 0) is 21.5 Å². The molecule has 0 heterocycles. The van der Waals surface area contributed by atoms with Gasteiger partial charge in [-0.05, 0) is 70.8 Å². The molecule has 1 N–H and O–H groups in total. The van der Waals surface area contributed by atoms with Gasteiger partial charge in [-0.15, -0.1) is 0 Å². The number of carbonyl (C=O) groups excluding carboxylic acids is 2. The summed E-state index contributed by atoms with van der Waals surface area (Å²) in [5.74, 6) is 0.341. The van der Waals surface area contributed by atoms with Crippen LogP contribution in [0.4, 0.5) is 0 Å². The Morgan fingerprint density at radius 2 is 1.86 bits per heavy atom. The van der Waals surface area contributed by atoms with Crippen molar-refractivity contribution >= 4 is 27.7 Å². The van der Waals surface area contributed by atoms with Gasteiger partial charge in [-0.25, -0.2) is 0 Å². The van der Waals surface area contributed by atoms with Crippen molar-refractivity contribution in [3.8, 4) is 5.75 Å². The van der Waals surface area contributed by atoms with Gasteiger partial charge in [0, 0.05) is 12.6 Å². The summed E-state index contributed by atoms with van der Waals surface area (Å²) in [6.45, 7) is 10.7. The molecule has 3 rings (SSSR count). The van der Waals surface area contributed by atoms with Crippen molar-refractivity contribution in [1.29, 1.82) is 0 Å². The van der Waals surface area contributed by atoms with Gasteiger partial charge in [0.05, 0.1) is 4.47 Å². The Labute approximate surface area is 218 Å². The lowest BCUT2D eigenvalue weighted by Crippen LogP contribution is -2.52. The predicted octanol–water partition coefficient (Wildman–Crippen LogP) is 6.30. The third-order valence-electron chi connectivity index (χ3n) is 6.67. The Kier molecular flexibility index (Phi) is 9.40. The minimum absolute atomic E-state index is 0.0164. The highest BCUT2D eigenvalue weighted by molar-refractivity contribution is 9.10. The molecule has 0 aromatic heterocycles. The smallest absolute Gasteiger partial charge is 0.261 e. The van der Waals surface area contributed by atoms with Crippen LogP contribution >= 0.6 is 15.9 Å². The van der Waals surface area contributed by atoms with E-state index in [0.717, 1.165) is 41.3 Å². The third kappa shape index (κ3) is 7.57. The molecule has 0 bridgehead atoms. The monoisotopic (exact) mass is 542 g/mol. The van der Waals surface area contributed by atoms with Gasteiger partial charge in [0.1, 0.15) is 11.8 Å². The largest absolute Gasteiger partial charge is 0.483 e. The van der Waals surface area contributed by atoms with E-state index in [2.05, 4.69) is 48.1 Å². The van der Waals surface area contributed by atoms with Gasteiger partial charge in [0.25, 0.3) is 5.91 Å². The van der Waals surface area contributed by atoms with E-state index in [1.54, 1.807) is 4.90 Å². The molecule has 6 heteroatoms. The van der Waals surface area contributed by atoms with Crippen LogP contribution in [-0.4, -0.2) is 35.4 Å². The summed E-state index contributed by atoms with van der Waals surface area (Å²) < 4.78 is 6.76. The van der Waals surface area contributed by atoms with Crippen molar-refractivity contribution in [1.82, 2.24) is 10.2 Å². The molecule has 0 aliphatic heterocycles. The first-order valence-electron chi connectivity index (χ1n) is 12.7. The summed E-state index contributed by atoms with van der Waals surface area (Å²) in [6, 6.07) is 13.7. The molecular formula is C29H39BrN2O3. The Hall–Kier alpha value is -2.34. The lowest BCUT2D eigenvalue weighted by molar-refractivity contribution is -0.143. The Morgan fingerprint density at radius 3 is 2.46 bits per heavy atom. The first-order valence-corrected chi connectivity index (χ1v) is 13.5. The topological polar surface area (TPSA) is 58.6 Å². The fourth-order valence-electron chi connectivity index (χ4n) is 4.60. The molecule has 1 aliphatic rings. The van der Waals surface area contributed by atoms with Crippen LogP contribution in [0.15, 0.2) is 46.9 Å². The molecule has 0 unspecified atom stereocenters. The summed E-state index contributed by atoms with van der Waals surface area (Å²) in [4.78, 5) is 28.4. The summed E-state index contributed by atoms with van der Waals surface area (Å²) in [6.07, 6.45) is 4.85. The minimum atomic E-state index is -0.543. The molecule has 35 heavy (non-hydrogen) atoms. The van der Waals surface area contributed by atoms with E-state index in [9.17, 15) is 9.59 Å². The number of ether oxygens (including phenoxy) is 1. The quantitative estimate of drug-likeness (QED) is 0.404. The van der Waals surface area contributed by atoms with Crippen LogP contribution in [0.25, 0.3) is 0 Å². The van der Waals surface area contributed by atoms with Crippen molar-refractivity contribution in [2.75, 3.05) is 6.61 Å². The highest BCUT2D eigenvalue weighted by Gasteiger charge is 2.31. The van der Waals surface area contributed by atoms with Gasteiger partial charge < -0.3 is 15.0 Å². The maximum atomic E-state index is 13.5. The van der Waals surface area contributed by atoms with E-state index in [4.69, 9.17) is 4.74 Å². The van der Waals surface area contributed by atoms with Crippen molar-refractivity contribution in [3.05, 3.63) is 63.6 Å². The van der Waals surface area contributed by atoms with E-state index in [1.165, 1.54) is 5.56 Å². The fourth-order valence-corrected chi connectivity index (χ4v) is 5.09. The van der Waals surface area contributed by atoms with Gasteiger partial charge in [-0.1, -0.05) is 76.4 Å². The molecule has 0 radical (unpaired) electrons. The van der Waals surface area contributed by atoms with E-state index in [1.807, 2.05) is 50.2 Å². The zero-order chi connectivity index (χ0) is 25.6. The standard InChI is InChI=1S/C29H39BrN2O3/c1-6-25(28(34)31-23-12-7-8-13-23)32(18-21-11-9-10-20(2)16-21)27(33)19-35-26-15-14-22(17-24(26)30)29(3,4)5/h9-11,14-17,23,25H,6-8,12-13,18-19H2,1-5H3,(H,31,34)/t25-/m0/s1. The lowest BCUT2D eigenvalue weighted by Gasteiger charge is -2.31. The van der Waals surface area contributed by atoms with E-state index < -0.39 is 6.04 Å². The molecule has 0 saturated heterocycles. The SMILES string of the molecule is CC[C@@H](C(=O)NC1CCCC1)N(Cc1cccc(C)c1)C(=O)COc1ccc(C(C)(C)C)cc1Br. The average Bonchev–Trinajstić information content (AvgIpc) is 3.30. The Morgan fingerprint density at radius 1 is 1.14 bits per heavy atom. The average molecular weight is 544 g/mol. The number of hydrogen-bond acceptors (Lipinski definition) is 3. The number of carbonyl (C=O) groups is 2. The molecule has 2 amide bonds. The lowest BCUT2D eigenvalue weighted by atomic mass is 9.87. The minimum Gasteiger partial charge on any atom is -0.483 e. The van der Waals surface area contributed by atoms with Crippen LogP contribution < -0.4 is 10.1 Å². The van der Waals surface area contributed by atoms with Gasteiger partial charge >= 0.3 is 0 Å². The molecular weight excluding hydrogens is 504 g/mol. The molecule has 2 aromatic rings. The zero-order valence-electron chi connectivity index (χ0n) is 21.7. The van der Waals surface area contributed by atoms with E-state index in [0.29, 0.717) is 18.7 Å². The van der Waals surface area contributed by atoms with Crippen LogP contribution in [0.1, 0.15) is 76.5 Å². The molecule has 1 fully saturated rings. The molecule has 1 saturated carbocycles.